The van der Waals surface area contributed by atoms with Gasteiger partial charge in [-0.2, -0.15) is 0 Å². The van der Waals surface area contributed by atoms with Gasteiger partial charge in [-0.1, -0.05) is 11.6 Å². The minimum Gasteiger partial charge on any atom is -0.507 e. The molecule has 0 heterocycles. The highest BCUT2D eigenvalue weighted by molar-refractivity contribution is 9.10. The first kappa shape index (κ1) is 14.7. The molecule has 6 heteroatoms. The third-order valence-electron chi connectivity index (χ3n) is 2.63. The van der Waals surface area contributed by atoms with Gasteiger partial charge in [0.25, 0.3) is 5.91 Å². The highest BCUT2D eigenvalue weighted by atomic mass is 79.9. The number of halogens is 2. The number of phenolic OH excluding ortho intramolecular Hbond substituents is 1. The van der Waals surface area contributed by atoms with Gasteiger partial charge in [-0.05, 0) is 46.3 Å². The molecule has 104 valence electrons. The molecule has 0 aliphatic heterocycles. The fraction of sp³-hybridized carbons (Fsp3) is 0.0714. The topological polar surface area (TPSA) is 58.6 Å². The van der Waals surface area contributed by atoms with E-state index in [4.69, 9.17) is 16.3 Å². The van der Waals surface area contributed by atoms with Crippen molar-refractivity contribution >= 4 is 39.1 Å². The summed E-state index contributed by atoms with van der Waals surface area (Å²) in [5.41, 5.74) is 0.688. The van der Waals surface area contributed by atoms with E-state index < -0.39 is 5.91 Å². The van der Waals surface area contributed by atoms with Gasteiger partial charge in [-0.3, -0.25) is 4.79 Å². The number of nitrogens with one attached hydrogen (secondary N) is 1. The van der Waals surface area contributed by atoms with Crippen LogP contribution in [0.1, 0.15) is 10.4 Å². The van der Waals surface area contributed by atoms with Crippen molar-refractivity contribution in [3.8, 4) is 11.5 Å². The standard InChI is InChI=1S/C14H11BrClNO3/c1-20-9-3-5-11(15)12(7-9)17-14(19)10-4-2-8(16)6-13(10)18/h2-7,18H,1H3,(H,17,19). The Morgan fingerprint density at radius 1 is 1.30 bits per heavy atom. The van der Waals surface area contributed by atoms with E-state index in [-0.39, 0.29) is 11.3 Å². The van der Waals surface area contributed by atoms with Crippen LogP contribution < -0.4 is 10.1 Å². The summed E-state index contributed by atoms with van der Waals surface area (Å²) in [5, 5.41) is 12.8. The minimum absolute atomic E-state index is 0.143. The van der Waals surface area contributed by atoms with Crippen LogP contribution in [0.25, 0.3) is 0 Å². The normalized spacial score (nSPS) is 10.2. The van der Waals surface area contributed by atoms with E-state index in [1.54, 1.807) is 25.3 Å². The Morgan fingerprint density at radius 3 is 2.70 bits per heavy atom. The number of methoxy groups -OCH3 is 1. The molecule has 0 aromatic heterocycles. The molecule has 2 N–H and O–H groups in total. The van der Waals surface area contributed by atoms with Crippen LogP contribution >= 0.6 is 27.5 Å². The van der Waals surface area contributed by atoms with Gasteiger partial charge in [-0.25, -0.2) is 0 Å². The zero-order valence-electron chi connectivity index (χ0n) is 10.5. The van der Waals surface area contributed by atoms with Crippen molar-refractivity contribution in [3.05, 3.63) is 51.5 Å². The predicted octanol–water partition coefficient (Wildman–Crippen LogP) is 4.07. The first-order valence-corrected chi connectivity index (χ1v) is 6.82. The molecule has 1 amide bonds. The highest BCUT2D eigenvalue weighted by Gasteiger charge is 2.13. The molecule has 0 spiro atoms. The minimum atomic E-state index is -0.437. The summed E-state index contributed by atoms with van der Waals surface area (Å²) in [6.45, 7) is 0. The maximum Gasteiger partial charge on any atom is 0.259 e. The molecule has 0 aliphatic carbocycles. The zero-order valence-corrected chi connectivity index (χ0v) is 12.8. The van der Waals surface area contributed by atoms with Gasteiger partial charge in [0.2, 0.25) is 0 Å². The van der Waals surface area contributed by atoms with Crippen LogP contribution in [0.4, 0.5) is 5.69 Å². The Labute approximate surface area is 129 Å². The molecule has 2 aromatic rings. The van der Waals surface area contributed by atoms with Crippen molar-refractivity contribution < 1.29 is 14.6 Å². The highest BCUT2D eigenvalue weighted by Crippen LogP contribution is 2.29. The maximum atomic E-state index is 12.1. The monoisotopic (exact) mass is 355 g/mol. The number of ether oxygens (including phenoxy) is 1. The first-order chi connectivity index (χ1) is 9.51. The number of hydrogen-bond acceptors (Lipinski definition) is 3. The summed E-state index contributed by atoms with van der Waals surface area (Å²) in [6, 6.07) is 9.51. The smallest absolute Gasteiger partial charge is 0.259 e. The van der Waals surface area contributed by atoms with Gasteiger partial charge in [-0.15, -0.1) is 0 Å². The summed E-state index contributed by atoms with van der Waals surface area (Å²) in [4.78, 5) is 12.1. The molecule has 0 saturated carbocycles. The first-order valence-electron chi connectivity index (χ1n) is 5.64. The van der Waals surface area contributed by atoms with Crippen LogP contribution in [0.15, 0.2) is 40.9 Å². The SMILES string of the molecule is COc1ccc(Br)c(NC(=O)c2ccc(Cl)cc2O)c1. The molecule has 4 nitrogen and oxygen atoms in total. The van der Waals surface area contributed by atoms with Gasteiger partial charge in [0.15, 0.2) is 0 Å². The lowest BCUT2D eigenvalue weighted by molar-refractivity contribution is 0.102. The van der Waals surface area contributed by atoms with E-state index in [1.807, 2.05) is 0 Å². The summed E-state index contributed by atoms with van der Waals surface area (Å²) in [6.07, 6.45) is 0. The third-order valence-corrected chi connectivity index (χ3v) is 3.55. The lowest BCUT2D eigenvalue weighted by atomic mass is 10.2. The Kier molecular flexibility index (Phi) is 4.52. The second-order valence-electron chi connectivity index (χ2n) is 3.96. The molecule has 0 atom stereocenters. The second-order valence-corrected chi connectivity index (χ2v) is 5.25. The number of carbonyl (C=O) groups is 1. The Hall–Kier alpha value is -1.72. The van der Waals surface area contributed by atoms with Crippen LogP contribution in [-0.4, -0.2) is 18.1 Å². The number of rotatable bonds is 3. The van der Waals surface area contributed by atoms with Crippen molar-refractivity contribution in [2.45, 2.75) is 0 Å². The lowest BCUT2D eigenvalue weighted by Gasteiger charge is -2.10. The van der Waals surface area contributed by atoms with Gasteiger partial charge in [0.05, 0.1) is 18.4 Å². The molecular weight excluding hydrogens is 346 g/mol. The summed E-state index contributed by atoms with van der Waals surface area (Å²) < 4.78 is 5.81. The fourth-order valence-corrected chi connectivity index (χ4v) is 2.13. The van der Waals surface area contributed by atoms with Crippen LogP contribution in [0.3, 0.4) is 0 Å². The van der Waals surface area contributed by atoms with Gasteiger partial charge in [0.1, 0.15) is 11.5 Å². The van der Waals surface area contributed by atoms with Gasteiger partial charge in [0, 0.05) is 15.6 Å². The molecular formula is C14H11BrClNO3. The van der Waals surface area contributed by atoms with E-state index >= 15 is 0 Å². The Balaban J connectivity index is 2.27. The van der Waals surface area contributed by atoms with Gasteiger partial charge >= 0.3 is 0 Å². The average molecular weight is 357 g/mol. The van der Waals surface area contributed by atoms with E-state index in [1.165, 1.54) is 18.2 Å². The number of anilines is 1. The quantitative estimate of drug-likeness (QED) is 0.871. The van der Waals surface area contributed by atoms with Crippen molar-refractivity contribution in [3.63, 3.8) is 0 Å². The van der Waals surface area contributed by atoms with Gasteiger partial charge < -0.3 is 15.2 Å². The van der Waals surface area contributed by atoms with Crippen LogP contribution in [0.5, 0.6) is 11.5 Å². The van der Waals surface area contributed by atoms with E-state index in [0.717, 1.165) is 0 Å². The second kappa shape index (κ2) is 6.15. The number of benzene rings is 2. The molecule has 0 unspecified atom stereocenters. The number of carbonyl (C=O) groups excluding carboxylic acids is 1. The summed E-state index contributed by atoms with van der Waals surface area (Å²) in [7, 11) is 1.54. The van der Waals surface area contributed by atoms with Crippen molar-refractivity contribution in [1.82, 2.24) is 0 Å². The van der Waals surface area contributed by atoms with Crippen molar-refractivity contribution in [2.75, 3.05) is 12.4 Å². The van der Waals surface area contributed by atoms with E-state index in [9.17, 15) is 9.90 Å². The molecule has 0 bridgehead atoms. The molecule has 2 aromatic carbocycles. The fourth-order valence-electron chi connectivity index (χ4n) is 1.61. The van der Waals surface area contributed by atoms with E-state index in [2.05, 4.69) is 21.2 Å². The summed E-state index contributed by atoms with van der Waals surface area (Å²) in [5.74, 6) is 0.00552. The van der Waals surface area contributed by atoms with Crippen molar-refractivity contribution in [1.29, 1.82) is 0 Å². The van der Waals surface area contributed by atoms with E-state index in [0.29, 0.717) is 20.9 Å². The molecule has 0 aliphatic rings. The van der Waals surface area contributed by atoms with Crippen LogP contribution in [0, 0.1) is 0 Å². The number of aromatic hydroxyl groups is 1. The van der Waals surface area contributed by atoms with Crippen LogP contribution in [-0.2, 0) is 0 Å². The Bertz CT molecular complexity index is 661. The average Bonchev–Trinajstić information content (AvgIpc) is 2.41. The molecule has 0 fully saturated rings. The molecule has 2 rings (SSSR count). The molecule has 0 radical (unpaired) electrons. The maximum absolute atomic E-state index is 12.1. The number of phenols is 1. The molecule has 0 saturated heterocycles. The summed E-state index contributed by atoms with van der Waals surface area (Å²) >= 11 is 9.07. The predicted molar refractivity (Wildman–Crippen MR) is 81.8 cm³/mol. The Morgan fingerprint density at radius 2 is 2.05 bits per heavy atom. The number of hydrogen-bond donors (Lipinski definition) is 2. The van der Waals surface area contributed by atoms with Crippen LogP contribution in [0.2, 0.25) is 5.02 Å². The van der Waals surface area contributed by atoms with Crippen molar-refractivity contribution in [2.24, 2.45) is 0 Å². The largest absolute Gasteiger partial charge is 0.507 e. The number of amides is 1. The molecule has 20 heavy (non-hydrogen) atoms. The third kappa shape index (κ3) is 3.23. The lowest BCUT2D eigenvalue weighted by Crippen LogP contribution is -2.12. The zero-order chi connectivity index (χ0) is 14.7.